The number of fused-ring (bicyclic) bond motifs is 1. The highest BCUT2D eigenvalue weighted by Gasteiger charge is 2.22. The van der Waals surface area contributed by atoms with E-state index in [9.17, 15) is 9.59 Å². The second kappa shape index (κ2) is 8.32. The number of carbonyl (C=O) groups is 2. The Morgan fingerprint density at radius 2 is 1.96 bits per heavy atom. The Labute approximate surface area is 172 Å². The van der Waals surface area contributed by atoms with Crippen LogP contribution in [0.1, 0.15) is 12.8 Å². The molecule has 1 saturated heterocycles. The Kier molecular flexibility index (Phi) is 5.64. The number of carbonyl (C=O) groups excluding carboxylic acids is 2. The molecule has 1 N–H and O–H groups in total. The third kappa shape index (κ3) is 4.20. The van der Waals surface area contributed by atoms with Gasteiger partial charge in [-0.2, -0.15) is 0 Å². The first-order valence-corrected chi connectivity index (χ1v) is 10.4. The van der Waals surface area contributed by atoms with Crippen molar-refractivity contribution in [3.05, 3.63) is 41.4 Å². The fourth-order valence-corrected chi connectivity index (χ4v) is 4.04. The van der Waals surface area contributed by atoms with Gasteiger partial charge in [-0.05, 0) is 42.8 Å². The minimum Gasteiger partial charge on any atom is -0.486 e. The third-order valence-electron chi connectivity index (χ3n) is 4.49. The van der Waals surface area contributed by atoms with E-state index in [4.69, 9.17) is 21.1 Å². The van der Waals surface area contributed by atoms with E-state index in [0.717, 1.165) is 22.8 Å². The van der Waals surface area contributed by atoms with Crippen LogP contribution in [0.2, 0.25) is 5.02 Å². The second-order valence-electron chi connectivity index (χ2n) is 6.46. The number of rotatable bonds is 5. The van der Waals surface area contributed by atoms with Gasteiger partial charge in [-0.1, -0.05) is 11.6 Å². The van der Waals surface area contributed by atoms with E-state index < -0.39 is 0 Å². The first-order chi connectivity index (χ1) is 13.6. The number of halogens is 1. The van der Waals surface area contributed by atoms with Gasteiger partial charge >= 0.3 is 0 Å². The van der Waals surface area contributed by atoms with Crippen LogP contribution in [0, 0.1) is 0 Å². The summed E-state index contributed by atoms with van der Waals surface area (Å²) >= 11 is 7.63. The largest absolute Gasteiger partial charge is 0.486 e. The van der Waals surface area contributed by atoms with Crippen LogP contribution in [0.5, 0.6) is 11.5 Å². The number of hydrogen-bond acceptors (Lipinski definition) is 5. The lowest BCUT2D eigenvalue weighted by Gasteiger charge is -2.19. The molecule has 28 heavy (non-hydrogen) atoms. The van der Waals surface area contributed by atoms with Crippen LogP contribution in [0.3, 0.4) is 0 Å². The monoisotopic (exact) mass is 418 g/mol. The van der Waals surface area contributed by atoms with Crippen LogP contribution >= 0.6 is 23.4 Å². The van der Waals surface area contributed by atoms with Crippen molar-refractivity contribution in [1.29, 1.82) is 0 Å². The van der Waals surface area contributed by atoms with Crippen LogP contribution in [-0.4, -0.2) is 37.3 Å². The Hall–Kier alpha value is -2.38. The highest BCUT2D eigenvalue weighted by atomic mass is 35.5. The van der Waals surface area contributed by atoms with Crippen molar-refractivity contribution >= 4 is 46.6 Å². The summed E-state index contributed by atoms with van der Waals surface area (Å²) in [6.45, 7) is 1.76. The lowest BCUT2D eigenvalue weighted by molar-refractivity contribution is -0.117. The molecule has 0 saturated carbocycles. The van der Waals surface area contributed by atoms with Crippen LogP contribution in [0.25, 0.3) is 0 Å². The van der Waals surface area contributed by atoms with Crippen LogP contribution in [-0.2, 0) is 9.59 Å². The molecule has 0 spiro atoms. The summed E-state index contributed by atoms with van der Waals surface area (Å²) in [4.78, 5) is 27.0. The van der Waals surface area contributed by atoms with Crippen molar-refractivity contribution in [3.63, 3.8) is 0 Å². The minimum absolute atomic E-state index is 0.0914. The van der Waals surface area contributed by atoms with Gasteiger partial charge in [0.2, 0.25) is 11.8 Å². The number of benzene rings is 2. The summed E-state index contributed by atoms with van der Waals surface area (Å²) in [7, 11) is 0. The van der Waals surface area contributed by atoms with Gasteiger partial charge < -0.3 is 19.7 Å². The number of anilines is 2. The highest BCUT2D eigenvalue weighted by molar-refractivity contribution is 8.00. The topological polar surface area (TPSA) is 67.9 Å². The van der Waals surface area contributed by atoms with Gasteiger partial charge in [-0.3, -0.25) is 9.59 Å². The van der Waals surface area contributed by atoms with Crippen molar-refractivity contribution in [1.82, 2.24) is 0 Å². The summed E-state index contributed by atoms with van der Waals surface area (Å²) in [6.07, 6.45) is 1.39. The van der Waals surface area contributed by atoms with Crippen molar-refractivity contribution in [2.75, 3.05) is 35.7 Å². The molecule has 4 rings (SSSR count). The predicted octanol–water partition coefficient (Wildman–Crippen LogP) is 3.97. The minimum atomic E-state index is -0.174. The SMILES string of the molecule is O=C(CSc1ccc2c(c1)OCCO2)Nc1cc(N2CCCC2=O)ccc1Cl. The molecule has 8 heteroatoms. The van der Waals surface area contributed by atoms with E-state index in [1.165, 1.54) is 11.8 Å². The van der Waals surface area contributed by atoms with Gasteiger partial charge in [-0.25, -0.2) is 0 Å². The van der Waals surface area contributed by atoms with E-state index >= 15 is 0 Å². The molecule has 146 valence electrons. The summed E-state index contributed by atoms with van der Waals surface area (Å²) in [5.41, 5.74) is 1.26. The van der Waals surface area contributed by atoms with Gasteiger partial charge in [0.15, 0.2) is 11.5 Å². The normalized spacial score (nSPS) is 15.6. The summed E-state index contributed by atoms with van der Waals surface area (Å²) in [5, 5.41) is 3.27. The smallest absolute Gasteiger partial charge is 0.234 e. The molecule has 0 aliphatic carbocycles. The van der Waals surface area contributed by atoms with Crippen molar-refractivity contribution in [3.8, 4) is 11.5 Å². The van der Waals surface area contributed by atoms with Crippen molar-refractivity contribution in [2.24, 2.45) is 0 Å². The van der Waals surface area contributed by atoms with E-state index in [1.807, 2.05) is 18.2 Å². The van der Waals surface area contributed by atoms with Crippen LogP contribution < -0.4 is 19.7 Å². The zero-order chi connectivity index (χ0) is 19.5. The number of thioether (sulfide) groups is 1. The summed E-state index contributed by atoms with van der Waals surface area (Å²) in [5.74, 6) is 1.56. The average Bonchev–Trinajstić information content (AvgIpc) is 3.14. The maximum absolute atomic E-state index is 12.4. The molecular formula is C20H19ClN2O4S. The molecule has 0 atom stereocenters. The predicted molar refractivity (Wildman–Crippen MR) is 110 cm³/mol. The molecule has 0 bridgehead atoms. The Balaban J connectivity index is 1.39. The van der Waals surface area contributed by atoms with Gasteiger partial charge in [0.05, 0.1) is 16.5 Å². The Morgan fingerprint density at radius 3 is 2.75 bits per heavy atom. The van der Waals surface area contributed by atoms with Crippen LogP contribution in [0.15, 0.2) is 41.3 Å². The summed E-state index contributed by atoms with van der Waals surface area (Å²) in [6, 6.07) is 10.9. The van der Waals surface area contributed by atoms with Gasteiger partial charge in [0, 0.05) is 23.5 Å². The molecule has 2 aromatic carbocycles. The molecular weight excluding hydrogens is 400 g/mol. The quantitative estimate of drug-likeness (QED) is 0.744. The zero-order valence-corrected chi connectivity index (χ0v) is 16.6. The number of nitrogens with zero attached hydrogens (tertiary/aromatic N) is 1. The molecule has 2 aromatic rings. The summed E-state index contributed by atoms with van der Waals surface area (Å²) < 4.78 is 11.1. The fourth-order valence-electron chi connectivity index (χ4n) is 3.15. The lowest BCUT2D eigenvalue weighted by atomic mass is 10.2. The number of amides is 2. The zero-order valence-electron chi connectivity index (χ0n) is 15.1. The molecule has 2 aliphatic rings. The van der Waals surface area contributed by atoms with Gasteiger partial charge in [-0.15, -0.1) is 11.8 Å². The molecule has 6 nitrogen and oxygen atoms in total. The second-order valence-corrected chi connectivity index (χ2v) is 7.91. The molecule has 2 heterocycles. The molecule has 0 radical (unpaired) electrons. The lowest BCUT2D eigenvalue weighted by Crippen LogP contribution is -2.24. The molecule has 0 unspecified atom stereocenters. The fraction of sp³-hybridized carbons (Fsp3) is 0.300. The van der Waals surface area contributed by atoms with Gasteiger partial charge in [0.1, 0.15) is 13.2 Å². The molecule has 2 aliphatic heterocycles. The number of nitrogens with one attached hydrogen (secondary N) is 1. The first-order valence-electron chi connectivity index (χ1n) is 9.02. The molecule has 1 fully saturated rings. The van der Waals surface area contributed by atoms with E-state index in [1.54, 1.807) is 23.1 Å². The average molecular weight is 419 g/mol. The van der Waals surface area contributed by atoms with E-state index in [0.29, 0.717) is 42.6 Å². The van der Waals surface area contributed by atoms with Crippen LogP contribution in [0.4, 0.5) is 11.4 Å². The maximum Gasteiger partial charge on any atom is 0.234 e. The Bertz CT molecular complexity index is 921. The molecule has 0 aromatic heterocycles. The number of ether oxygens (including phenoxy) is 2. The van der Waals surface area contributed by atoms with Gasteiger partial charge in [0.25, 0.3) is 0 Å². The molecule has 2 amide bonds. The number of hydrogen-bond donors (Lipinski definition) is 1. The highest BCUT2D eigenvalue weighted by Crippen LogP contribution is 2.34. The van der Waals surface area contributed by atoms with Crippen molar-refractivity contribution in [2.45, 2.75) is 17.7 Å². The maximum atomic E-state index is 12.4. The van der Waals surface area contributed by atoms with E-state index in [2.05, 4.69) is 5.32 Å². The van der Waals surface area contributed by atoms with E-state index in [-0.39, 0.29) is 17.6 Å². The Morgan fingerprint density at radius 1 is 1.14 bits per heavy atom. The van der Waals surface area contributed by atoms with Crippen molar-refractivity contribution < 1.29 is 19.1 Å². The standard InChI is InChI=1S/C20H19ClN2O4S/c21-15-5-3-13(23-7-1-2-20(23)25)10-16(15)22-19(24)12-28-14-4-6-17-18(11-14)27-9-8-26-17/h3-6,10-11H,1-2,7-9,12H2,(H,22,24). The first kappa shape index (κ1) is 19.0. The third-order valence-corrected chi connectivity index (χ3v) is 5.82.